The van der Waals surface area contributed by atoms with Crippen molar-refractivity contribution in [2.24, 2.45) is 0 Å². The molecule has 1 atom stereocenters. The molecule has 24 heavy (non-hydrogen) atoms. The lowest BCUT2D eigenvalue weighted by Crippen LogP contribution is -2.16. The average molecular weight is 334 g/mol. The minimum Gasteiger partial charge on any atom is -0.497 e. The lowest BCUT2D eigenvalue weighted by atomic mass is 10.1. The summed E-state index contributed by atoms with van der Waals surface area (Å²) in [4.78, 5) is 0. The Morgan fingerprint density at radius 3 is 1.67 bits per heavy atom. The summed E-state index contributed by atoms with van der Waals surface area (Å²) in [6, 6.07) is 30.4. The molecule has 0 aliphatic heterocycles. The van der Waals surface area contributed by atoms with Gasteiger partial charge >= 0.3 is 0 Å². The first-order valence-electron chi connectivity index (χ1n) is 8.36. The number of ether oxygens (including phenoxy) is 1. The van der Waals surface area contributed by atoms with Crippen LogP contribution in [0.1, 0.15) is 24.6 Å². The zero-order chi connectivity index (χ0) is 16.8. The average Bonchev–Trinajstić information content (AvgIpc) is 2.67. The summed E-state index contributed by atoms with van der Waals surface area (Å²) in [5.41, 5.74) is 1.88. The Hall–Kier alpha value is -2.11. The number of benzene rings is 3. The summed E-state index contributed by atoms with van der Waals surface area (Å²) in [5, 5.41) is 2.86. The van der Waals surface area contributed by atoms with Crippen molar-refractivity contribution < 1.29 is 4.74 Å². The summed E-state index contributed by atoms with van der Waals surface area (Å²) in [5.74, 6) is 0.914. The Balaban J connectivity index is 2.05. The second kappa shape index (κ2) is 8.13. The highest BCUT2D eigenvalue weighted by atomic mass is 31.1. The van der Waals surface area contributed by atoms with Gasteiger partial charge in [0.05, 0.1) is 7.11 Å². The molecule has 0 saturated heterocycles. The first kappa shape index (κ1) is 16.7. The molecule has 3 rings (SSSR count). The van der Waals surface area contributed by atoms with Crippen molar-refractivity contribution in [1.29, 1.82) is 0 Å². The predicted molar refractivity (Wildman–Crippen MR) is 105 cm³/mol. The highest BCUT2D eigenvalue weighted by molar-refractivity contribution is 7.73. The molecule has 0 bridgehead atoms. The number of hydrogen-bond donors (Lipinski definition) is 0. The van der Waals surface area contributed by atoms with E-state index in [4.69, 9.17) is 4.74 Å². The van der Waals surface area contributed by atoms with Crippen molar-refractivity contribution in [3.8, 4) is 5.75 Å². The van der Waals surface area contributed by atoms with Crippen molar-refractivity contribution in [3.05, 3.63) is 90.5 Å². The molecule has 0 spiro atoms. The molecule has 0 saturated carbocycles. The Labute approximate surface area is 146 Å². The van der Waals surface area contributed by atoms with Gasteiger partial charge in [-0.2, -0.15) is 0 Å². The van der Waals surface area contributed by atoms with E-state index in [1.807, 2.05) is 0 Å². The lowest BCUT2D eigenvalue weighted by Gasteiger charge is -2.28. The smallest absolute Gasteiger partial charge is 0.118 e. The van der Waals surface area contributed by atoms with Gasteiger partial charge in [-0.05, 0) is 42.6 Å². The first-order chi connectivity index (χ1) is 11.8. The van der Waals surface area contributed by atoms with Crippen LogP contribution in [0.25, 0.3) is 0 Å². The molecule has 0 aromatic heterocycles. The van der Waals surface area contributed by atoms with Gasteiger partial charge in [0.25, 0.3) is 0 Å². The summed E-state index contributed by atoms with van der Waals surface area (Å²) in [6.07, 6.45) is 1.11. The van der Waals surface area contributed by atoms with Crippen molar-refractivity contribution in [3.63, 3.8) is 0 Å². The minimum atomic E-state index is -0.445. The van der Waals surface area contributed by atoms with E-state index in [2.05, 4.69) is 91.9 Å². The third-order valence-corrected chi connectivity index (χ3v) is 7.26. The fourth-order valence-corrected chi connectivity index (χ4v) is 5.92. The second-order valence-electron chi connectivity index (χ2n) is 5.74. The van der Waals surface area contributed by atoms with Crippen LogP contribution in [0.2, 0.25) is 0 Å². The second-order valence-corrected chi connectivity index (χ2v) is 8.13. The molecule has 0 fully saturated rings. The van der Waals surface area contributed by atoms with Crippen molar-refractivity contribution >= 4 is 18.5 Å². The van der Waals surface area contributed by atoms with Gasteiger partial charge in [-0.3, -0.25) is 0 Å². The van der Waals surface area contributed by atoms with Gasteiger partial charge in [-0.25, -0.2) is 0 Å². The first-order valence-corrected chi connectivity index (χ1v) is 9.78. The van der Waals surface area contributed by atoms with Crippen LogP contribution < -0.4 is 15.3 Å². The number of hydrogen-bond acceptors (Lipinski definition) is 1. The highest BCUT2D eigenvalue weighted by Gasteiger charge is 2.24. The monoisotopic (exact) mass is 334 g/mol. The highest BCUT2D eigenvalue weighted by Crippen LogP contribution is 2.51. The maximum absolute atomic E-state index is 5.32. The van der Waals surface area contributed by atoms with Gasteiger partial charge in [0.1, 0.15) is 5.75 Å². The standard InChI is InChI=1S/C22H23OP/c1-3-22(18-14-16-19(23-2)17-15-18)24(20-10-6-4-7-11-20)21-12-8-5-9-13-21/h4-17,22H,3H2,1-2H3. The molecule has 1 nitrogen and oxygen atoms in total. The van der Waals surface area contributed by atoms with Crippen LogP contribution in [0.15, 0.2) is 84.9 Å². The minimum absolute atomic E-state index is 0.445. The van der Waals surface area contributed by atoms with Crippen LogP contribution in [0.4, 0.5) is 0 Å². The van der Waals surface area contributed by atoms with Crippen molar-refractivity contribution in [2.75, 3.05) is 7.11 Å². The van der Waals surface area contributed by atoms with Crippen LogP contribution in [0.3, 0.4) is 0 Å². The Kier molecular flexibility index (Phi) is 5.67. The molecule has 0 amide bonds. The Bertz CT molecular complexity index is 698. The van der Waals surface area contributed by atoms with Gasteiger partial charge in [0.15, 0.2) is 0 Å². The zero-order valence-corrected chi connectivity index (χ0v) is 15.1. The molecule has 3 aromatic rings. The third kappa shape index (κ3) is 3.68. The third-order valence-electron chi connectivity index (χ3n) is 4.27. The van der Waals surface area contributed by atoms with Crippen molar-refractivity contribution in [1.82, 2.24) is 0 Å². The van der Waals surface area contributed by atoms with E-state index in [0.29, 0.717) is 5.66 Å². The normalized spacial score (nSPS) is 12.1. The predicted octanol–water partition coefficient (Wildman–Crippen LogP) is 5.28. The van der Waals surface area contributed by atoms with E-state index in [9.17, 15) is 0 Å². The Morgan fingerprint density at radius 1 is 0.750 bits per heavy atom. The van der Waals surface area contributed by atoms with Crippen LogP contribution in [-0.4, -0.2) is 7.11 Å². The molecule has 122 valence electrons. The molecular weight excluding hydrogens is 311 g/mol. The van der Waals surface area contributed by atoms with Gasteiger partial charge in [-0.1, -0.05) is 79.7 Å². The molecule has 2 heteroatoms. The molecule has 3 aromatic carbocycles. The van der Waals surface area contributed by atoms with Gasteiger partial charge in [0, 0.05) is 5.66 Å². The molecule has 0 radical (unpaired) electrons. The van der Waals surface area contributed by atoms with E-state index in [1.165, 1.54) is 16.2 Å². The topological polar surface area (TPSA) is 9.23 Å². The zero-order valence-electron chi connectivity index (χ0n) is 14.2. The van der Waals surface area contributed by atoms with E-state index in [-0.39, 0.29) is 0 Å². The van der Waals surface area contributed by atoms with Crippen LogP contribution in [0.5, 0.6) is 5.75 Å². The quantitative estimate of drug-likeness (QED) is 0.557. The summed E-state index contributed by atoms with van der Waals surface area (Å²) < 4.78 is 5.32. The number of rotatable bonds is 6. The SMILES string of the molecule is CCC(c1ccc(OC)cc1)P(c1ccccc1)c1ccccc1. The fraction of sp³-hybridized carbons (Fsp3) is 0.182. The maximum atomic E-state index is 5.32. The summed E-state index contributed by atoms with van der Waals surface area (Å²) in [7, 11) is 1.27. The van der Waals surface area contributed by atoms with Gasteiger partial charge < -0.3 is 4.74 Å². The van der Waals surface area contributed by atoms with E-state index < -0.39 is 7.92 Å². The molecular formula is C22H23OP. The van der Waals surface area contributed by atoms with Crippen LogP contribution in [-0.2, 0) is 0 Å². The van der Waals surface area contributed by atoms with Gasteiger partial charge in [-0.15, -0.1) is 0 Å². The van der Waals surface area contributed by atoms with Crippen LogP contribution >= 0.6 is 7.92 Å². The van der Waals surface area contributed by atoms with Crippen molar-refractivity contribution in [2.45, 2.75) is 19.0 Å². The van der Waals surface area contributed by atoms with E-state index in [0.717, 1.165) is 12.2 Å². The molecule has 1 unspecified atom stereocenters. The molecule has 0 heterocycles. The summed E-state index contributed by atoms with van der Waals surface area (Å²) >= 11 is 0. The molecule has 0 aliphatic carbocycles. The molecule has 0 aliphatic rings. The van der Waals surface area contributed by atoms with Crippen LogP contribution in [0, 0.1) is 0 Å². The largest absolute Gasteiger partial charge is 0.497 e. The maximum Gasteiger partial charge on any atom is 0.118 e. The van der Waals surface area contributed by atoms with E-state index >= 15 is 0 Å². The van der Waals surface area contributed by atoms with E-state index in [1.54, 1.807) is 7.11 Å². The lowest BCUT2D eigenvalue weighted by molar-refractivity contribution is 0.414. The fourth-order valence-electron chi connectivity index (χ4n) is 3.08. The molecule has 0 N–H and O–H groups in total. The Morgan fingerprint density at radius 2 is 1.25 bits per heavy atom. The number of methoxy groups -OCH3 is 1. The summed E-state index contributed by atoms with van der Waals surface area (Å²) in [6.45, 7) is 2.29. The van der Waals surface area contributed by atoms with Gasteiger partial charge in [0.2, 0.25) is 0 Å².